The second-order valence-corrected chi connectivity index (χ2v) is 4.87. The molecule has 0 unspecified atom stereocenters. The molecule has 0 aliphatic heterocycles. The van der Waals surface area contributed by atoms with Crippen molar-refractivity contribution in [1.82, 2.24) is 5.32 Å². The lowest BCUT2D eigenvalue weighted by atomic mass is 9.94. The van der Waals surface area contributed by atoms with Gasteiger partial charge in [0.05, 0.1) is 12.6 Å². The van der Waals surface area contributed by atoms with Gasteiger partial charge in [-0.3, -0.25) is 4.79 Å². The second-order valence-electron chi connectivity index (χ2n) is 4.87. The number of amides is 1. The zero-order chi connectivity index (χ0) is 12.2. The van der Waals surface area contributed by atoms with Gasteiger partial charge in [0.2, 0.25) is 5.91 Å². The average Bonchev–Trinajstić information content (AvgIpc) is 2.25. The molecule has 0 aromatic heterocycles. The first-order valence-electron chi connectivity index (χ1n) is 5.42. The summed E-state index contributed by atoms with van der Waals surface area (Å²) in [7, 11) is 0. The van der Waals surface area contributed by atoms with Crippen LogP contribution < -0.4 is 5.32 Å². The van der Waals surface area contributed by atoms with Crippen molar-refractivity contribution in [3.05, 3.63) is 35.9 Å². The van der Waals surface area contributed by atoms with Gasteiger partial charge in [0.15, 0.2) is 0 Å². The number of hydrogen-bond acceptors (Lipinski definition) is 2. The van der Waals surface area contributed by atoms with E-state index >= 15 is 0 Å². The van der Waals surface area contributed by atoms with Crippen LogP contribution in [0, 0.1) is 5.41 Å². The van der Waals surface area contributed by atoms with Gasteiger partial charge in [0.1, 0.15) is 0 Å². The maximum absolute atomic E-state index is 11.8. The Bertz CT molecular complexity index is 341. The Kier molecular flexibility index (Phi) is 4.07. The summed E-state index contributed by atoms with van der Waals surface area (Å²) < 4.78 is 0. The standard InChI is InChI=1S/C13H19NO2/c1-13(2,3)12(16)14-11(9-15)10-7-5-4-6-8-10/h4-8,11,15H,9H2,1-3H3,(H,14,16)/t11-/m0/s1. The molecule has 2 N–H and O–H groups in total. The molecular weight excluding hydrogens is 202 g/mol. The van der Waals surface area contributed by atoms with Gasteiger partial charge in [0, 0.05) is 5.41 Å². The van der Waals surface area contributed by atoms with Crippen LogP contribution >= 0.6 is 0 Å². The number of carbonyl (C=O) groups is 1. The van der Waals surface area contributed by atoms with E-state index in [-0.39, 0.29) is 18.6 Å². The molecule has 0 saturated heterocycles. The van der Waals surface area contributed by atoms with Crippen LogP contribution in [0.15, 0.2) is 30.3 Å². The van der Waals surface area contributed by atoms with Crippen molar-refractivity contribution in [1.29, 1.82) is 0 Å². The predicted octanol–water partition coefficient (Wildman–Crippen LogP) is 1.88. The van der Waals surface area contributed by atoms with Crippen LogP contribution in [0.5, 0.6) is 0 Å². The number of carbonyl (C=O) groups excluding carboxylic acids is 1. The summed E-state index contributed by atoms with van der Waals surface area (Å²) in [5.74, 6) is -0.0598. The van der Waals surface area contributed by atoms with E-state index in [9.17, 15) is 9.90 Å². The molecule has 1 amide bonds. The van der Waals surface area contributed by atoms with Gasteiger partial charge in [-0.15, -0.1) is 0 Å². The quantitative estimate of drug-likeness (QED) is 0.818. The molecule has 88 valence electrons. The first kappa shape index (κ1) is 12.7. The second kappa shape index (κ2) is 5.12. The highest BCUT2D eigenvalue weighted by Crippen LogP contribution is 2.17. The third-order valence-corrected chi connectivity index (χ3v) is 2.37. The summed E-state index contributed by atoms with van der Waals surface area (Å²) in [5, 5.41) is 12.1. The molecule has 0 bridgehead atoms. The number of aliphatic hydroxyl groups is 1. The van der Waals surface area contributed by atoms with Gasteiger partial charge in [-0.25, -0.2) is 0 Å². The number of aliphatic hydroxyl groups excluding tert-OH is 1. The lowest BCUT2D eigenvalue weighted by Gasteiger charge is -2.23. The summed E-state index contributed by atoms with van der Waals surface area (Å²) in [6.07, 6.45) is 0. The summed E-state index contributed by atoms with van der Waals surface area (Å²) in [6, 6.07) is 9.15. The SMILES string of the molecule is CC(C)(C)C(=O)N[C@@H](CO)c1ccccc1. The van der Waals surface area contributed by atoms with Crippen LogP contribution in [0.3, 0.4) is 0 Å². The van der Waals surface area contributed by atoms with E-state index in [4.69, 9.17) is 0 Å². The summed E-state index contributed by atoms with van der Waals surface area (Å²) in [6.45, 7) is 5.46. The maximum Gasteiger partial charge on any atom is 0.225 e. The number of benzene rings is 1. The molecule has 1 atom stereocenters. The average molecular weight is 221 g/mol. The summed E-state index contributed by atoms with van der Waals surface area (Å²) in [4.78, 5) is 11.8. The van der Waals surface area contributed by atoms with Crippen molar-refractivity contribution in [2.24, 2.45) is 5.41 Å². The van der Waals surface area contributed by atoms with Crippen molar-refractivity contribution in [2.45, 2.75) is 26.8 Å². The van der Waals surface area contributed by atoms with Gasteiger partial charge >= 0.3 is 0 Å². The van der Waals surface area contributed by atoms with E-state index in [1.54, 1.807) is 0 Å². The largest absolute Gasteiger partial charge is 0.394 e. The van der Waals surface area contributed by atoms with E-state index in [2.05, 4.69) is 5.32 Å². The first-order valence-corrected chi connectivity index (χ1v) is 5.42. The highest BCUT2D eigenvalue weighted by molar-refractivity contribution is 5.81. The van der Waals surface area contributed by atoms with Gasteiger partial charge in [-0.2, -0.15) is 0 Å². The number of rotatable bonds is 3. The van der Waals surface area contributed by atoms with Crippen molar-refractivity contribution in [3.8, 4) is 0 Å². The molecule has 0 aliphatic carbocycles. The van der Waals surface area contributed by atoms with Crippen LogP contribution in [0.25, 0.3) is 0 Å². The summed E-state index contributed by atoms with van der Waals surface area (Å²) in [5.41, 5.74) is 0.477. The van der Waals surface area contributed by atoms with E-state index < -0.39 is 5.41 Å². The van der Waals surface area contributed by atoms with Gasteiger partial charge in [0.25, 0.3) is 0 Å². The molecule has 0 saturated carbocycles. The van der Waals surface area contributed by atoms with Crippen LogP contribution in [0.2, 0.25) is 0 Å². The molecule has 1 aromatic carbocycles. The smallest absolute Gasteiger partial charge is 0.225 e. The minimum atomic E-state index is -0.442. The Morgan fingerprint density at radius 1 is 1.31 bits per heavy atom. The fraction of sp³-hybridized carbons (Fsp3) is 0.462. The van der Waals surface area contributed by atoms with E-state index in [0.717, 1.165) is 5.56 Å². The van der Waals surface area contributed by atoms with E-state index in [1.165, 1.54) is 0 Å². The van der Waals surface area contributed by atoms with Gasteiger partial charge < -0.3 is 10.4 Å². The highest BCUT2D eigenvalue weighted by atomic mass is 16.3. The predicted molar refractivity (Wildman–Crippen MR) is 63.9 cm³/mol. The molecule has 16 heavy (non-hydrogen) atoms. The molecule has 0 heterocycles. The fourth-order valence-corrected chi connectivity index (χ4v) is 1.29. The zero-order valence-electron chi connectivity index (χ0n) is 10.0. The first-order chi connectivity index (χ1) is 7.45. The highest BCUT2D eigenvalue weighted by Gasteiger charge is 2.24. The normalized spacial score (nSPS) is 13.2. The van der Waals surface area contributed by atoms with E-state index in [1.807, 2.05) is 51.1 Å². The minimum absolute atomic E-state index is 0.0598. The van der Waals surface area contributed by atoms with Gasteiger partial charge in [-0.1, -0.05) is 51.1 Å². The topological polar surface area (TPSA) is 49.3 Å². The molecule has 0 radical (unpaired) electrons. The van der Waals surface area contributed by atoms with Crippen molar-refractivity contribution < 1.29 is 9.90 Å². The Morgan fingerprint density at radius 2 is 1.88 bits per heavy atom. The lowest BCUT2D eigenvalue weighted by Crippen LogP contribution is -2.38. The van der Waals surface area contributed by atoms with Crippen LogP contribution in [0.4, 0.5) is 0 Å². The molecule has 0 aliphatic rings. The summed E-state index contributed by atoms with van der Waals surface area (Å²) >= 11 is 0. The zero-order valence-corrected chi connectivity index (χ0v) is 10.0. The third-order valence-electron chi connectivity index (χ3n) is 2.37. The van der Waals surface area contributed by atoms with Gasteiger partial charge in [-0.05, 0) is 5.56 Å². The minimum Gasteiger partial charge on any atom is -0.394 e. The Labute approximate surface area is 96.5 Å². The van der Waals surface area contributed by atoms with E-state index in [0.29, 0.717) is 0 Å². The van der Waals surface area contributed by atoms with Crippen LogP contribution in [-0.2, 0) is 4.79 Å². The molecular formula is C13H19NO2. The Morgan fingerprint density at radius 3 is 2.31 bits per heavy atom. The third kappa shape index (κ3) is 3.35. The van der Waals surface area contributed by atoms with Crippen molar-refractivity contribution in [3.63, 3.8) is 0 Å². The maximum atomic E-state index is 11.8. The van der Waals surface area contributed by atoms with Crippen LogP contribution in [-0.4, -0.2) is 17.6 Å². The molecule has 1 rings (SSSR count). The molecule has 0 spiro atoms. The molecule has 0 fully saturated rings. The number of hydrogen-bond donors (Lipinski definition) is 2. The molecule has 3 nitrogen and oxygen atoms in total. The van der Waals surface area contributed by atoms with Crippen molar-refractivity contribution in [2.75, 3.05) is 6.61 Å². The molecule has 3 heteroatoms. The Hall–Kier alpha value is -1.35. The van der Waals surface area contributed by atoms with Crippen molar-refractivity contribution >= 4 is 5.91 Å². The lowest BCUT2D eigenvalue weighted by molar-refractivity contribution is -0.129. The fourth-order valence-electron chi connectivity index (χ4n) is 1.29. The Balaban J connectivity index is 2.75. The molecule has 1 aromatic rings. The van der Waals surface area contributed by atoms with Crippen LogP contribution in [0.1, 0.15) is 32.4 Å². The monoisotopic (exact) mass is 221 g/mol. The number of nitrogens with one attached hydrogen (secondary N) is 1.